The van der Waals surface area contributed by atoms with Gasteiger partial charge >= 0.3 is 0 Å². The van der Waals surface area contributed by atoms with Gasteiger partial charge in [0, 0.05) is 26.0 Å². The summed E-state index contributed by atoms with van der Waals surface area (Å²) in [5.74, 6) is -0.500. The lowest BCUT2D eigenvalue weighted by molar-refractivity contribution is -0.122. The Labute approximate surface area is 107 Å². The maximum Gasteiger partial charge on any atom is 0.245 e. The summed E-state index contributed by atoms with van der Waals surface area (Å²) >= 11 is 0. The lowest BCUT2D eigenvalue weighted by Gasteiger charge is -2.11. The number of carbonyl (C=O) groups is 2. The molecule has 6 heteroatoms. The quantitative estimate of drug-likeness (QED) is 0.380. The number of nitrogens with one attached hydrogen (secondary N) is 1. The third kappa shape index (κ3) is 9.92. The normalized spacial score (nSPS) is 11.9. The number of aliphatic hydroxyl groups is 2. The number of unbranched alkanes of at least 4 members (excludes halogenated alkanes) is 1. The summed E-state index contributed by atoms with van der Waals surface area (Å²) in [6.07, 6.45) is 2.25. The van der Waals surface area contributed by atoms with Crippen molar-refractivity contribution in [3.8, 4) is 0 Å². The third-order valence-electron chi connectivity index (χ3n) is 2.45. The number of aliphatic hydroxyl groups excluding tert-OH is 2. The first-order valence-electron chi connectivity index (χ1n) is 6.15. The van der Waals surface area contributed by atoms with Gasteiger partial charge in [-0.3, -0.25) is 9.59 Å². The monoisotopic (exact) mass is 258 g/mol. The van der Waals surface area contributed by atoms with Crippen LogP contribution >= 0.6 is 0 Å². The van der Waals surface area contributed by atoms with Gasteiger partial charge in [0.2, 0.25) is 11.8 Å². The van der Waals surface area contributed by atoms with Crippen LogP contribution in [-0.4, -0.2) is 48.0 Å². The smallest absolute Gasteiger partial charge is 0.245 e. The Kier molecular flexibility index (Phi) is 10.1. The van der Waals surface area contributed by atoms with Gasteiger partial charge in [-0.05, 0) is 32.4 Å². The first-order chi connectivity index (χ1) is 8.60. The van der Waals surface area contributed by atoms with Crippen LogP contribution in [0.4, 0.5) is 0 Å². The number of amides is 2. The fraction of sp³-hybridized carbons (Fsp3) is 0.750. The number of hydrogen-bond donors (Lipinski definition) is 3. The number of carbonyl (C=O) groups excluding carboxylic acids is 2. The van der Waals surface area contributed by atoms with E-state index in [0.717, 1.165) is 6.42 Å². The minimum atomic E-state index is -0.586. The molecule has 18 heavy (non-hydrogen) atoms. The molecule has 0 aromatic rings. The molecule has 0 heterocycles. The van der Waals surface area contributed by atoms with E-state index in [2.05, 4.69) is 17.0 Å². The van der Waals surface area contributed by atoms with Crippen molar-refractivity contribution >= 4 is 18.5 Å². The molecule has 0 aliphatic heterocycles. The Bertz CT molecular complexity index is 269. The molecule has 3 N–H and O–H groups in total. The number of rotatable bonds is 10. The van der Waals surface area contributed by atoms with Gasteiger partial charge < -0.3 is 15.5 Å². The maximum absolute atomic E-state index is 11.3. The second-order valence-electron chi connectivity index (χ2n) is 4.08. The largest absolute Gasteiger partial charge is 0.396 e. The van der Waals surface area contributed by atoms with Crippen LogP contribution in [0.15, 0.2) is 4.99 Å². The lowest BCUT2D eigenvalue weighted by Crippen LogP contribution is -2.31. The molecule has 0 saturated heterocycles. The Balaban J connectivity index is 3.51. The SMILES string of the molecule is C=NC(=O)CCCC(=O)NC[C@H](O)CCCCO. The zero-order chi connectivity index (χ0) is 13.8. The molecular weight excluding hydrogens is 236 g/mol. The van der Waals surface area contributed by atoms with Gasteiger partial charge in [0.25, 0.3) is 0 Å². The summed E-state index contributed by atoms with van der Waals surface area (Å²) in [5.41, 5.74) is 0. The van der Waals surface area contributed by atoms with Gasteiger partial charge in [0.1, 0.15) is 0 Å². The fourth-order valence-corrected chi connectivity index (χ4v) is 1.39. The minimum absolute atomic E-state index is 0.116. The Hall–Kier alpha value is -1.27. The van der Waals surface area contributed by atoms with Crippen LogP contribution in [-0.2, 0) is 9.59 Å². The molecule has 0 aliphatic carbocycles. The predicted molar refractivity (Wildman–Crippen MR) is 68.4 cm³/mol. The highest BCUT2D eigenvalue weighted by Gasteiger charge is 2.07. The van der Waals surface area contributed by atoms with E-state index in [1.807, 2.05) is 0 Å². The van der Waals surface area contributed by atoms with E-state index >= 15 is 0 Å². The summed E-state index contributed by atoms with van der Waals surface area (Å²) in [7, 11) is 0. The summed E-state index contributed by atoms with van der Waals surface area (Å²) < 4.78 is 0. The lowest BCUT2D eigenvalue weighted by atomic mass is 10.1. The van der Waals surface area contributed by atoms with E-state index in [1.54, 1.807) is 0 Å². The highest BCUT2D eigenvalue weighted by Crippen LogP contribution is 2.00. The second kappa shape index (κ2) is 10.9. The van der Waals surface area contributed by atoms with E-state index in [9.17, 15) is 14.7 Å². The molecule has 2 amide bonds. The van der Waals surface area contributed by atoms with Crippen molar-refractivity contribution in [2.45, 2.75) is 44.6 Å². The standard InChI is InChI=1S/C12H22N2O4/c1-13-11(17)6-4-7-12(18)14-9-10(16)5-2-3-8-15/h10,15-16H,1-9H2,(H,14,18)/t10-/m1/s1. The van der Waals surface area contributed by atoms with Crippen molar-refractivity contribution in [3.63, 3.8) is 0 Å². The number of hydrogen-bond acceptors (Lipinski definition) is 4. The zero-order valence-corrected chi connectivity index (χ0v) is 10.6. The topological polar surface area (TPSA) is 99.0 Å². The van der Waals surface area contributed by atoms with Crippen molar-refractivity contribution < 1.29 is 19.8 Å². The van der Waals surface area contributed by atoms with Gasteiger partial charge in [0.05, 0.1) is 6.10 Å². The van der Waals surface area contributed by atoms with E-state index in [4.69, 9.17) is 5.11 Å². The maximum atomic E-state index is 11.3. The highest BCUT2D eigenvalue weighted by atomic mass is 16.3. The van der Waals surface area contributed by atoms with Crippen molar-refractivity contribution in [1.82, 2.24) is 5.32 Å². The van der Waals surface area contributed by atoms with Crippen LogP contribution in [0.5, 0.6) is 0 Å². The van der Waals surface area contributed by atoms with Crippen LogP contribution in [0.1, 0.15) is 38.5 Å². The molecule has 0 unspecified atom stereocenters. The van der Waals surface area contributed by atoms with Crippen molar-refractivity contribution in [3.05, 3.63) is 0 Å². The molecule has 104 valence electrons. The fourth-order valence-electron chi connectivity index (χ4n) is 1.39. The summed E-state index contributed by atoms with van der Waals surface area (Å²) in [6.45, 7) is 3.42. The molecule has 0 aromatic carbocycles. The first kappa shape index (κ1) is 16.7. The van der Waals surface area contributed by atoms with Crippen molar-refractivity contribution in [1.29, 1.82) is 0 Å². The number of nitrogens with zero attached hydrogens (tertiary/aromatic N) is 1. The highest BCUT2D eigenvalue weighted by molar-refractivity contribution is 5.81. The van der Waals surface area contributed by atoms with Crippen LogP contribution in [0.2, 0.25) is 0 Å². The van der Waals surface area contributed by atoms with Gasteiger partial charge in [-0.15, -0.1) is 0 Å². The van der Waals surface area contributed by atoms with Gasteiger partial charge in [-0.25, -0.2) is 4.99 Å². The Morgan fingerprint density at radius 2 is 1.94 bits per heavy atom. The molecule has 0 aliphatic rings. The van der Waals surface area contributed by atoms with E-state index < -0.39 is 6.10 Å². The molecular formula is C12H22N2O4. The zero-order valence-electron chi connectivity index (χ0n) is 10.6. The van der Waals surface area contributed by atoms with E-state index in [0.29, 0.717) is 19.3 Å². The molecule has 0 fully saturated rings. The average Bonchev–Trinajstić information content (AvgIpc) is 2.36. The van der Waals surface area contributed by atoms with Crippen molar-refractivity contribution in [2.75, 3.05) is 13.2 Å². The molecule has 0 radical (unpaired) electrons. The van der Waals surface area contributed by atoms with Crippen molar-refractivity contribution in [2.24, 2.45) is 4.99 Å². The van der Waals surface area contributed by atoms with E-state index in [1.165, 1.54) is 0 Å². The molecule has 0 bridgehead atoms. The molecule has 1 atom stereocenters. The molecule has 0 spiro atoms. The molecule has 0 saturated carbocycles. The molecule has 0 rings (SSSR count). The van der Waals surface area contributed by atoms with Crippen LogP contribution in [0.3, 0.4) is 0 Å². The number of aliphatic imine (C=N–C) groups is 1. The van der Waals surface area contributed by atoms with Crippen LogP contribution in [0.25, 0.3) is 0 Å². The van der Waals surface area contributed by atoms with Gasteiger partial charge in [-0.1, -0.05) is 0 Å². The predicted octanol–water partition coefficient (Wildman–Crippen LogP) is 0.0236. The summed E-state index contributed by atoms with van der Waals surface area (Å²) in [4.78, 5) is 25.3. The molecule has 6 nitrogen and oxygen atoms in total. The van der Waals surface area contributed by atoms with Gasteiger partial charge in [-0.2, -0.15) is 0 Å². The summed E-state index contributed by atoms with van der Waals surface area (Å²) in [5, 5.41) is 20.7. The van der Waals surface area contributed by atoms with Crippen LogP contribution < -0.4 is 5.32 Å². The average molecular weight is 258 g/mol. The Morgan fingerprint density at radius 3 is 2.56 bits per heavy atom. The molecule has 0 aromatic heterocycles. The third-order valence-corrected chi connectivity index (χ3v) is 2.45. The van der Waals surface area contributed by atoms with E-state index in [-0.39, 0.29) is 37.8 Å². The second-order valence-corrected chi connectivity index (χ2v) is 4.08. The summed E-state index contributed by atoms with van der Waals surface area (Å²) in [6, 6.07) is 0. The first-order valence-corrected chi connectivity index (χ1v) is 6.15. The Morgan fingerprint density at radius 1 is 1.22 bits per heavy atom. The van der Waals surface area contributed by atoms with Crippen LogP contribution in [0, 0.1) is 0 Å². The minimum Gasteiger partial charge on any atom is -0.396 e. The van der Waals surface area contributed by atoms with Gasteiger partial charge in [0.15, 0.2) is 0 Å².